The van der Waals surface area contributed by atoms with Gasteiger partial charge in [0.15, 0.2) is 0 Å². The summed E-state index contributed by atoms with van der Waals surface area (Å²) >= 11 is 0. The number of carboxylic acid groups (broad SMARTS) is 1. The number of hydrogen-bond acceptors (Lipinski definition) is 6. The molecule has 4 rings (SSSR count). The van der Waals surface area contributed by atoms with E-state index in [1.807, 2.05) is 4.90 Å². The lowest BCUT2D eigenvalue weighted by atomic mass is 9.77. The number of hydrogen-bond donors (Lipinski definition) is 2. The minimum absolute atomic E-state index is 0.0903. The first-order valence-electron chi connectivity index (χ1n) is 10.1. The molecule has 4 atom stereocenters. The number of ether oxygens (including phenoxy) is 1. The zero-order chi connectivity index (χ0) is 21.0. The summed E-state index contributed by atoms with van der Waals surface area (Å²) in [6, 6.07) is 3.27. The van der Waals surface area contributed by atoms with E-state index in [2.05, 4.69) is 29.2 Å². The van der Waals surface area contributed by atoms with Crippen molar-refractivity contribution in [3.05, 3.63) is 28.2 Å². The molecule has 2 saturated carbocycles. The van der Waals surface area contributed by atoms with E-state index in [9.17, 15) is 9.59 Å². The summed E-state index contributed by atoms with van der Waals surface area (Å²) in [5.74, 6) is 1.67. The van der Waals surface area contributed by atoms with Crippen molar-refractivity contribution in [3.63, 3.8) is 0 Å². The van der Waals surface area contributed by atoms with Crippen molar-refractivity contribution in [1.82, 2.24) is 20.0 Å². The van der Waals surface area contributed by atoms with Gasteiger partial charge in [-0.1, -0.05) is 0 Å². The number of aromatic nitrogens is 2. The van der Waals surface area contributed by atoms with Crippen molar-refractivity contribution in [2.24, 2.45) is 17.8 Å². The molecule has 2 aliphatic carbocycles. The van der Waals surface area contributed by atoms with Crippen LogP contribution in [0.1, 0.15) is 36.2 Å². The van der Waals surface area contributed by atoms with Crippen molar-refractivity contribution in [2.45, 2.75) is 37.8 Å². The van der Waals surface area contributed by atoms with Crippen LogP contribution >= 0.6 is 0 Å². The van der Waals surface area contributed by atoms with E-state index in [0.717, 1.165) is 38.5 Å². The van der Waals surface area contributed by atoms with Crippen LogP contribution in [0.4, 0.5) is 0 Å². The fourth-order valence-electron chi connectivity index (χ4n) is 4.45. The number of fused-ring (bicyclic) bond motifs is 1. The number of nitrogens with one attached hydrogen (secondary N) is 1. The molecule has 1 aliphatic heterocycles. The van der Waals surface area contributed by atoms with Gasteiger partial charge in [-0.2, -0.15) is 5.10 Å². The molecule has 0 unspecified atom stereocenters. The highest BCUT2D eigenvalue weighted by Crippen LogP contribution is 2.40. The van der Waals surface area contributed by atoms with Crippen molar-refractivity contribution < 1.29 is 19.4 Å². The number of aromatic amines is 1. The molecule has 1 aromatic rings. The minimum atomic E-state index is -0.291. The van der Waals surface area contributed by atoms with Gasteiger partial charge in [-0.3, -0.25) is 14.4 Å². The second kappa shape index (κ2) is 9.49. The highest BCUT2D eigenvalue weighted by Gasteiger charge is 2.45. The van der Waals surface area contributed by atoms with Crippen LogP contribution in [0.15, 0.2) is 16.9 Å². The summed E-state index contributed by atoms with van der Waals surface area (Å²) in [6.45, 7) is 2.16. The SMILES string of the molecule is CN(C)[C@@H]1C[C@@H]2CN(C(=O)c3ccc(=O)[nH]n3)C[C@@H]2C[C@H]1OCC1CC1.O=CO. The van der Waals surface area contributed by atoms with Crippen LogP contribution in [0.25, 0.3) is 0 Å². The van der Waals surface area contributed by atoms with Gasteiger partial charge < -0.3 is 19.6 Å². The second-order valence-electron chi connectivity index (χ2n) is 8.46. The summed E-state index contributed by atoms with van der Waals surface area (Å²) in [4.78, 5) is 36.4. The molecule has 0 spiro atoms. The third kappa shape index (κ3) is 5.42. The largest absolute Gasteiger partial charge is 0.483 e. The number of carbonyl (C=O) groups is 2. The number of carbonyl (C=O) groups excluding carboxylic acids is 1. The topological polar surface area (TPSA) is 116 Å². The first-order chi connectivity index (χ1) is 13.9. The monoisotopic (exact) mass is 406 g/mol. The fourth-order valence-corrected chi connectivity index (χ4v) is 4.45. The van der Waals surface area contributed by atoms with Crippen molar-refractivity contribution >= 4 is 12.4 Å². The second-order valence-corrected chi connectivity index (χ2v) is 8.46. The van der Waals surface area contributed by atoms with Gasteiger partial charge in [-0.25, -0.2) is 5.10 Å². The predicted molar refractivity (Wildman–Crippen MR) is 106 cm³/mol. The van der Waals surface area contributed by atoms with Crippen molar-refractivity contribution in [1.29, 1.82) is 0 Å². The Labute approximate surface area is 170 Å². The zero-order valence-electron chi connectivity index (χ0n) is 17.0. The van der Waals surface area contributed by atoms with Crippen molar-refractivity contribution in [2.75, 3.05) is 33.8 Å². The van der Waals surface area contributed by atoms with E-state index in [1.165, 1.54) is 25.0 Å². The van der Waals surface area contributed by atoms with E-state index in [0.29, 0.717) is 23.6 Å². The lowest BCUT2D eigenvalue weighted by molar-refractivity contribution is -0.122. The number of likely N-dealkylation sites (tertiary alicyclic amines) is 1. The third-order valence-electron chi connectivity index (χ3n) is 6.18. The Hall–Kier alpha value is -2.26. The number of H-pyrrole nitrogens is 1. The van der Waals surface area contributed by atoms with Crippen LogP contribution in [0.2, 0.25) is 0 Å². The molecule has 1 saturated heterocycles. The van der Waals surface area contributed by atoms with Crippen LogP contribution in [-0.2, 0) is 9.53 Å². The maximum atomic E-state index is 12.7. The van der Waals surface area contributed by atoms with Crippen LogP contribution in [0, 0.1) is 17.8 Å². The Kier molecular flexibility index (Phi) is 7.02. The van der Waals surface area contributed by atoms with Gasteiger partial charge in [0.25, 0.3) is 17.9 Å². The minimum Gasteiger partial charge on any atom is -0.483 e. The molecule has 2 heterocycles. The van der Waals surface area contributed by atoms with Gasteiger partial charge in [0.2, 0.25) is 0 Å². The molecule has 3 aliphatic rings. The average molecular weight is 406 g/mol. The molecule has 9 heteroatoms. The number of amides is 1. The molecule has 0 aromatic carbocycles. The molecule has 0 bridgehead atoms. The van der Waals surface area contributed by atoms with Gasteiger partial charge in [0.1, 0.15) is 5.69 Å². The van der Waals surface area contributed by atoms with Crippen LogP contribution in [0.3, 0.4) is 0 Å². The maximum Gasteiger partial charge on any atom is 0.290 e. The molecule has 0 radical (unpaired) electrons. The molecule has 3 fully saturated rings. The van der Waals surface area contributed by atoms with E-state index < -0.39 is 0 Å². The highest BCUT2D eigenvalue weighted by molar-refractivity contribution is 5.92. The lowest BCUT2D eigenvalue weighted by Gasteiger charge is -2.41. The van der Waals surface area contributed by atoms with Gasteiger partial charge in [0.05, 0.1) is 6.10 Å². The summed E-state index contributed by atoms with van der Waals surface area (Å²) in [7, 11) is 4.25. The first-order valence-corrected chi connectivity index (χ1v) is 10.1. The van der Waals surface area contributed by atoms with E-state index in [1.54, 1.807) is 0 Å². The molecule has 2 N–H and O–H groups in total. The summed E-state index contributed by atoms with van der Waals surface area (Å²) in [5.41, 5.74) is 0.0232. The van der Waals surface area contributed by atoms with E-state index in [4.69, 9.17) is 14.6 Å². The predicted octanol–water partition coefficient (Wildman–Crippen LogP) is 0.678. The molecule has 1 aromatic heterocycles. The van der Waals surface area contributed by atoms with Gasteiger partial charge in [-0.05, 0) is 63.6 Å². The third-order valence-corrected chi connectivity index (χ3v) is 6.18. The van der Waals surface area contributed by atoms with Gasteiger partial charge in [0, 0.05) is 31.8 Å². The van der Waals surface area contributed by atoms with Crippen molar-refractivity contribution in [3.8, 4) is 0 Å². The average Bonchev–Trinajstić information content (AvgIpc) is 3.43. The normalized spacial score (nSPS) is 28.4. The number of nitrogens with zero attached hydrogens (tertiary/aromatic N) is 3. The molecule has 1 amide bonds. The maximum absolute atomic E-state index is 12.7. The molecule has 160 valence electrons. The summed E-state index contributed by atoms with van der Waals surface area (Å²) in [6.07, 6.45) is 4.95. The Bertz CT molecular complexity index is 743. The Balaban J connectivity index is 0.000000755. The summed E-state index contributed by atoms with van der Waals surface area (Å²) in [5, 5.41) is 13.1. The molecular weight excluding hydrogens is 376 g/mol. The Morgan fingerprint density at radius 3 is 2.52 bits per heavy atom. The Morgan fingerprint density at radius 2 is 1.97 bits per heavy atom. The first kappa shape index (κ1) is 21.4. The zero-order valence-corrected chi connectivity index (χ0v) is 17.0. The molecule has 9 nitrogen and oxygen atoms in total. The van der Waals surface area contributed by atoms with E-state index in [-0.39, 0.29) is 24.0 Å². The highest BCUT2D eigenvalue weighted by atomic mass is 16.5. The van der Waals surface area contributed by atoms with Crippen LogP contribution < -0.4 is 5.56 Å². The van der Waals surface area contributed by atoms with Gasteiger partial charge in [-0.15, -0.1) is 0 Å². The van der Waals surface area contributed by atoms with E-state index >= 15 is 0 Å². The number of rotatable bonds is 5. The Morgan fingerprint density at radius 1 is 1.31 bits per heavy atom. The quantitative estimate of drug-likeness (QED) is 0.691. The summed E-state index contributed by atoms with van der Waals surface area (Å²) < 4.78 is 6.29. The number of likely N-dealkylation sites (N-methyl/N-ethyl adjacent to an activating group) is 1. The molecule has 29 heavy (non-hydrogen) atoms. The lowest BCUT2D eigenvalue weighted by Crippen LogP contribution is -2.48. The van der Waals surface area contributed by atoms with Crippen LogP contribution in [-0.4, -0.2) is 83.4 Å². The fraction of sp³-hybridized carbons (Fsp3) is 0.700. The van der Waals surface area contributed by atoms with Gasteiger partial charge >= 0.3 is 0 Å². The van der Waals surface area contributed by atoms with Crippen LogP contribution in [0.5, 0.6) is 0 Å². The standard InChI is InChI=1S/C19H28N4O3.CH2O2/c1-22(2)16-7-13-9-23(19(25)15-5-6-18(24)21-20-15)10-14(13)8-17(16)26-11-12-3-4-12;2-1-3/h5-6,12-14,16-17H,3-4,7-11H2,1-2H3,(H,21,24);1H,(H,2,3)/t13-,14+,16-,17-;/m1./s1. The molecular formula is C20H30N4O5. The smallest absolute Gasteiger partial charge is 0.290 e.